The summed E-state index contributed by atoms with van der Waals surface area (Å²) in [6, 6.07) is 0. The Bertz CT molecular complexity index is 850. The first-order valence-corrected chi connectivity index (χ1v) is 12.9. The molecular weight excluding hydrogens is 400 g/mol. The molecule has 1 unspecified atom stereocenters. The Morgan fingerprint density at radius 1 is 1.22 bits per heavy atom. The molecule has 2 N–H and O–H groups in total. The topological polar surface area (TPSA) is 67.5 Å². The van der Waals surface area contributed by atoms with Gasteiger partial charge in [0.2, 0.25) is 0 Å². The van der Waals surface area contributed by atoms with Crippen molar-refractivity contribution in [2.24, 2.45) is 35.0 Å². The maximum atomic E-state index is 11.2. The maximum absolute atomic E-state index is 11.2. The lowest BCUT2D eigenvalue weighted by Crippen LogP contribution is -2.44. The molecule has 8 atom stereocenters. The molecule has 1 aromatic heterocycles. The predicted octanol–water partition coefficient (Wildman–Crippen LogP) is 4.51. The highest BCUT2D eigenvalue weighted by atomic mass is 16.5. The Morgan fingerprint density at radius 3 is 2.81 bits per heavy atom. The second kappa shape index (κ2) is 8.56. The fraction of sp³-hybridized carbons (Fsp3) is 0.815. The zero-order valence-electron chi connectivity index (χ0n) is 20.2. The van der Waals surface area contributed by atoms with Gasteiger partial charge in [0.05, 0.1) is 31.1 Å². The van der Waals surface area contributed by atoms with Crippen molar-refractivity contribution in [1.82, 2.24) is 9.78 Å². The monoisotopic (exact) mass is 442 g/mol. The van der Waals surface area contributed by atoms with Crippen LogP contribution in [0.15, 0.2) is 24.0 Å². The van der Waals surface area contributed by atoms with Gasteiger partial charge in [0.25, 0.3) is 0 Å². The molecule has 32 heavy (non-hydrogen) atoms. The summed E-state index contributed by atoms with van der Waals surface area (Å²) in [5.74, 6) is 3.56. The summed E-state index contributed by atoms with van der Waals surface area (Å²) in [4.78, 5) is 0. The summed E-state index contributed by atoms with van der Waals surface area (Å²) in [5.41, 5.74) is 1.91. The average molecular weight is 443 g/mol. The van der Waals surface area contributed by atoms with Gasteiger partial charge in [-0.2, -0.15) is 5.10 Å². The molecule has 1 heterocycles. The summed E-state index contributed by atoms with van der Waals surface area (Å²) in [5, 5.41) is 26.7. The molecule has 5 nitrogen and oxygen atoms in total. The van der Waals surface area contributed by atoms with Crippen molar-refractivity contribution in [3.63, 3.8) is 0 Å². The van der Waals surface area contributed by atoms with Gasteiger partial charge < -0.3 is 14.9 Å². The molecule has 5 heteroatoms. The number of aliphatic hydroxyl groups excluding tert-OH is 1. The summed E-state index contributed by atoms with van der Waals surface area (Å²) in [6.45, 7) is 5.51. The third-order valence-electron chi connectivity index (χ3n) is 9.83. The van der Waals surface area contributed by atoms with E-state index in [9.17, 15) is 10.2 Å². The van der Waals surface area contributed by atoms with E-state index in [1.807, 2.05) is 24.0 Å². The fourth-order valence-corrected chi connectivity index (χ4v) is 8.44. The first-order valence-electron chi connectivity index (χ1n) is 12.9. The van der Waals surface area contributed by atoms with Crippen molar-refractivity contribution in [3.05, 3.63) is 29.6 Å². The van der Waals surface area contributed by atoms with Crippen LogP contribution in [0.2, 0.25) is 0 Å². The van der Waals surface area contributed by atoms with Gasteiger partial charge in [-0.25, -0.2) is 0 Å². The Morgan fingerprint density at radius 2 is 2.06 bits per heavy atom. The Balaban J connectivity index is 1.31. The molecule has 5 rings (SSSR count). The van der Waals surface area contributed by atoms with E-state index in [1.54, 1.807) is 7.11 Å². The van der Waals surface area contributed by atoms with Crippen LogP contribution in [0.3, 0.4) is 0 Å². The number of hydrogen-bond donors (Lipinski definition) is 2. The van der Waals surface area contributed by atoms with E-state index in [0.717, 1.165) is 49.0 Å². The largest absolute Gasteiger partial charge is 0.387 e. The minimum absolute atomic E-state index is 0.119. The molecule has 0 saturated heterocycles. The standard InChI is InChI=1S/C27H42N2O3/c1-18-14-28-29(15-18)16-25(30)24-7-6-23-22-5-4-19-12-20(21(22)9-10-26(23,24)2)8-11-27(31,13-19)17-32-3/h7,14-15,19-23,25,30-31H,4-6,8-13,16-17H2,1-3H3/t19-,20-,21-,22-,23+,25?,26+,27-/m1/s1. The van der Waals surface area contributed by atoms with E-state index >= 15 is 0 Å². The van der Waals surface area contributed by atoms with E-state index < -0.39 is 11.7 Å². The van der Waals surface area contributed by atoms with Crippen LogP contribution >= 0.6 is 0 Å². The molecule has 0 aliphatic heterocycles. The number of fused-ring (bicyclic) bond motifs is 6. The molecule has 178 valence electrons. The number of hydrogen-bond acceptors (Lipinski definition) is 4. The van der Waals surface area contributed by atoms with Crippen LogP contribution in [0, 0.1) is 41.9 Å². The van der Waals surface area contributed by atoms with Gasteiger partial charge in [0, 0.05) is 13.3 Å². The number of aryl methyl sites for hydroxylation is 1. The number of aliphatic hydroxyl groups is 2. The van der Waals surface area contributed by atoms with Crippen molar-refractivity contribution in [2.75, 3.05) is 13.7 Å². The van der Waals surface area contributed by atoms with Crippen LogP contribution in [-0.4, -0.2) is 45.4 Å². The van der Waals surface area contributed by atoms with Crippen molar-refractivity contribution < 1.29 is 14.9 Å². The zero-order chi connectivity index (χ0) is 22.5. The molecule has 0 spiro atoms. The SMILES string of the molecule is COC[C@@]1(O)CC[C@@H]2C[C@@H](CC[C@@H]3[C@@H]2CC[C@]2(C)C(C(O)Cn4cc(C)cn4)=CC[C@@H]32)C1. The number of methoxy groups -OCH3 is 1. The summed E-state index contributed by atoms with van der Waals surface area (Å²) >= 11 is 0. The minimum Gasteiger partial charge on any atom is -0.387 e. The Kier molecular flexibility index (Phi) is 6.05. The smallest absolute Gasteiger partial charge is 0.0951 e. The molecule has 4 aliphatic rings. The molecule has 2 bridgehead atoms. The molecule has 0 radical (unpaired) electrons. The normalized spacial score (nSPS) is 42.4. The lowest BCUT2D eigenvalue weighted by molar-refractivity contribution is -0.0546. The molecule has 4 aliphatic carbocycles. The van der Waals surface area contributed by atoms with E-state index in [0.29, 0.717) is 25.0 Å². The third-order valence-corrected chi connectivity index (χ3v) is 9.83. The van der Waals surface area contributed by atoms with Crippen molar-refractivity contribution in [1.29, 1.82) is 0 Å². The van der Waals surface area contributed by atoms with E-state index in [-0.39, 0.29) is 5.41 Å². The minimum atomic E-state index is -0.624. The number of rotatable bonds is 5. The van der Waals surface area contributed by atoms with Gasteiger partial charge in [-0.15, -0.1) is 0 Å². The van der Waals surface area contributed by atoms with Crippen LogP contribution in [0.25, 0.3) is 0 Å². The quantitative estimate of drug-likeness (QED) is 0.659. The van der Waals surface area contributed by atoms with Crippen LogP contribution in [-0.2, 0) is 11.3 Å². The summed E-state index contributed by atoms with van der Waals surface area (Å²) in [6.07, 6.45) is 16.1. The fourth-order valence-electron chi connectivity index (χ4n) is 8.44. The summed E-state index contributed by atoms with van der Waals surface area (Å²) in [7, 11) is 1.71. The van der Waals surface area contributed by atoms with Gasteiger partial charge in [-0.05, 0) is 104 Å². The van der Waals surface area contributed by atoms with Gasteiger partial charge in [-0.1, -0.05) is 19.4 Å². The number of ether oxygens (including phenoxy) is 1. The average Bonchev–Trinajstić information content (AvgIpc) is 3.20. The first kappa shape index (κ1) is 22.6. The van der Waals surface area contributed by atoms with E-state index in [2.05, 4.69) is 18.1 Å². The van der Waals surface area contributed by atoms with Gasteiger partial charge in [0.15, 0.2) is 0 Å². The zero-order valence-corrected chi connectivity index (χ0v) is 20.2. The molecular formula is C27H42N2O3. The Labute approximate surface area is 193 Å². The number of allylic oxidation sites excluding steroid dienone is 1. The second-order valence-electron chi connectivity index (χ2n) is 11.9. The van der Waals surface area contributed by atoms with Crippen molar-refractivity contribution >= 4 is 0 Å². The third kappa shape index (κ3) is 3.99. The predicted molar refractivity (Wildman–Crippen MR) is 125 cm³/mol. The van der Waals surface area contributed by atoms with Gasteiger partial charge in [-0.3, -0.25) is 4.68 Å². The van der Waals surface area contributed by atoms with Gasteiger partial charge in [0.1, 0.15) is 0 Å². The molecule has 3 saturated carbocycles. The molecule has 3 fully saturated rings. The van der Waals surface area contributed by atoms with Crippen LogP contribution in [0.5, 0.6) is 0 Å². The Hall–Kier alpha value is -1.17. The van der Waals surface area contributed by atoms with E-state index in [4.69, 9.17) is 4.74 Å². The van der Waals surface area contributed by atoms with Crippen LogP contribution in [0.4, 0.5) is 0 Å². The maximum Gasteiger partial charge on any atom is 0.0951 e. The van der Waals surface area contributed by atoms with Crippen molar-refractivity contribution in [3.8, 4) is 0 Å². The van der Waals surface area contributed by atoms with Gasteiger partial charge >= 0.3 is 0 Å². The lowest BCUT2D eigenvalue weighted by atomic mass is 9.55. The second-order valence-corrected chi connectivity index (χ2v) is 11.9. The summed E-state index contributed by atoms with van der Waals surface area (Å²) < 4.78 is 7.28. The molecule has 0 aromatic carbocycles. The highest BCUT2D eigenvalue weighted by Crippen LogP contribution is 2.62. The number of aromatic nitrogens is 2. The highest BCUT2D eigenvalue weighted by Gasteiger charge is 2.54. The first-order chi connectivity index (χ1) is 15.3. The molecule has 1 aromatic rings. The van der Waals surface area contributed by atoms with E-state index in [1.165, 1.54) is 37.7 Å². The van der Waals surface area contributed by atoms with Crippen LogP contribution in [0.1, 0.15) is 70.3 Å². The molecule has 0 amide bonds. The van der Waals surface area contributed by atoms with Crippen LogP contribution < -0.4 is 0 Å². The van der Waals surface area contributed by atoms with Crippen molar-refractivity contribution in [2.45, 2.75) is 89.9 Å². The number of nitrogens with zero attached hydrogens (tertiary/aromatic N) is 2. The highest BCUT2D eigenvalue weighted by molar-refractivity contribution is 5.28. The lowest BCUT2D eigenvalue weighted by Gasteiger charge is -2.50.